The van der Waals surface area contributed by atoms with Crippen LogP contribution >= 0.6 is 0 Å². The first-order valence-electron chi connectivity index (χ1n) is 8.36. The van der Waals surface area contributed by atoms with Gasteiger partial charge in [0.15, 0.2) is 17.8 Å². The van der Waals surface area contributed by atoms with Crippen LogP contribution in [0, 0.1) is 12.3 Å². The minimum atomic E-state index is -1.09. The zero-order valence-electron chi connectivity index (χ0n) is 13.8. The first-order chi connectivity index (χ1) is 12.0. The number of likely N-dealkylation sites (tertiary alicyclic amines) is 1. The predicted molar refractivity (Wildman–Crippen MR) is 86.9 cm³/mol. The molecule has 0 bridgehead atoms. The molecule has 1 aromatic rings. The molecule has 0 aromatic carbocycles. The molecule has 1 aromatic heterocycles. The summed E-state index contributed by atoms with van der Waals surface area (Å²) < 4.78 is 5.26. The van der Waals surface area contributed by atoms with Gasteiger partial charge in [0.05, 0.1) is 0 Å². The smallest absolute Gasteiger partial charge is 0.358 e. The van der Waals surface area contributed by atoms with Gasteiger partial charge in [-0.15, -0.1) is 12.3 Å². The fourth-order valence-corrected chi connectivity index (χ4v) is 3.23. The van der Waals surface area contributed by atoms with Gasteiger partial charge in [-0.3, -0.25) is 4.79 Å². The molecule has 0 saturated carbocycles. The van der Waals surface area contributed by atoms with Gasteiger partial charge in [-0.2, -0.15) is 10.2 Å². The number of piperidine rings is 1. The van der Waals surface area contributed by atoms with E-state index in [0.717, 1.165) is 6.39 Å². The third kappa shape index (κ3) is 3.87. The van der Waals surface area contributed by atoms with Crippen molar-refractivity contribution in [3.8, 4) is 12.3 Å². The Morgan fingerprint density at radius 2 is 2.08 bits per heavy atom. The van der Waals surface area contributed by atoms with Crippen molar-refractivity contribution in [2.24, 2.45) is 10.2 Å². The van der Waals surface area contributed by atoms with Crippen molar-refractivity contribution in [2.75, 3.05) is 13.1 Å². The number of carboxylic acid groups (broad SMARTS) is 1. The fraction of sp³-hybridized carbons (Fsp3) is 0.588. The van der Waals surface area contributed by atoms with Crippen molar-refractivity contribution < 1.29 is 19.1 Å². The number of nitrogens with zero attached hydrogens (tertiary/aromatic N) is 4. The molecule has 2 aliphatic heterocycles. The SMILES string of the molecule is C#CCCC1(CCC(=O)N2CCC(c3ocnc3C(=O)O)CC2)N=N1. The topological polar surface area (TPSA) is 108 Å². The van der Waals surface area contributed by atoms with E-state index in [-0.39, 0.29) is 17.5 Å². The van der Waals surface area contributed by atoms with E-state index in [1.807, 2.05) is 4.90 Å². The molecule has 2 aliphatic rings. The van der Waals surface area contributed by atoms with Crippen molar-refractivity contribution >= 4 is 11.9 Å². The van der Waals surface area contributed by atoms with Crippen LogP contribution in [0.3, 0.4) is 0 Å². The van der Waals surface area contributed by atoms with E-state index >= 15 is 0 Å². The number of amides is 1. The fourth-order valence-electron chi connectivity index (χ4n) is 3.23. The summed E-state index contributed by atoms with van der Waals surface area (Å²) in [7, 11) is 0. The molecule has 1 saturated heterocycles. The lowest BCUT2D eigenvalue weighted by molar-refractivity contribution is -0.132. The Balaban J connectivity index is 1.47. The van der Waals surface area contributed by atoms with Gasteiger partial charge in [-0.1, -0.05) is 0 Å². The summed E-state index contributed by atoms with van der Waals surface area (Å²) in [5, 5.41) is 17.2. The minimum Gasteiger partial charge on any atom is -0.476 e. The van der Waals surface area contributed by atoms with Gasteiger partial charge in [0.2, 0.25) is 5.91 Å². The molecule has 1 amide bonds. The first-order valence-corrected chi connectivity index (χ1v) is 8.36. The Labute approximate surface area is 145 Å². The highest BCUT2D eigenvalue weighted by Crippen LogP contribution is 2.38. The Hall–Kier alpha value is -2.69. The lowest BCUT2D eigenvalue weighted by Gasteiger charge is -2.31. The molecule has 25 heavy (non-hydrogen) atoms. The highest BCUT2D eigenvalue weighted by Gasteiger charge is 2.40. The molecule has 3 heterocycles. The van der Waals surface area contributed by atoms with Gasteiger partial charge in [-0.05, 0) is 12.8 Å². The molecule has 0 aliphatic carbocycles. The lowest BCUT2D eigenvalue weighted by Crippen LogP contribution is -2.38. The van der Waals surface area contributed by atoms with Crippen LogP contribution < -0.4 is 0 Å². The second kappa shape index (κ2) is 7.05. The number of hydrogen-bond donors (Lipinski definition) is 1. The number of hydrogen-bond acceptors (Lipinski definition) is 6. The van der Waals surface area contributed by atoms with E-state index in [0.29, 0.717) is 57.4 Å². The summed E-state index contributed by atoms with van der Waals surface area (Å²) in [6.45, 7) is 1.16. The number of carboxylic acids is 1. The normalized spacial score (nSPS) is 18.8. The average molecular weight is 344 g/mol. The molecule has 0 radical (unpaired) electrons. The Kier molecular flexibility index (Phi) is 4.83. The Morgan fingerprint density at radius 3 is 2.68 bits per heavy atom. The van der Waals surface area contributed by atoms with E-state index in [1.54, 1.807) is 0 Å². The second-order valence-corrected chi connectivity index (χ2v) is 6.41. The van der Waals surface area contributed by atoms with Crippen LogP contribution in [0.2, 0.25) is 0 Å². The monoisotopic (exact) mass is 344 g/mol. The molecule has 0 atom stereocenters. The molecule has 8 heteroatoms. The number of rotatable bonds is 7. The van der Waals surface area contributed by atoms with Crippen molar-refractivity contribution in [3.05, 3.63) is 17.8 Å². The zero-order valence-corrected chi connectivity index (χ0v) is 13.8. The molecular weight excluding hydrogens is 324 g/mol. The summed E-state index contributed by atoms with van der Waals surface area (Å²) >= 11 is 0. The van der Waals surface area contributed by atoms with E-state index in [2.05, 4.69) is 21.1 Å². The molecule has 1 N–H and O–H groups in total. The maximum atomic E-state index is 12.4. The molecular formula is C17H20N4O4. The van der Waals surface area contributed by atoms with E-state index < -0.39 is 11.6 Å². The van der Waals surface area contributed by atoms with Crippen LogP contribution in [-0.2, 0) is 4.79 Å². The molecule has 8 nitrogen and oxygen atoms in total. The second-order valence-electron chi connectivity index (χ2n) is 6.41. The van der Waals surface area contributed by atoms with Gasteiger partial charge < -0.3 is 14.4 Å². The van der Waals surface area contributed by atoms with Crippen molar-refractivity contribution in [2.45, 2.75) is 50.1 Å². The van der Waals surface area contributed by atoms with Crippen LogP contribution in [0.1, 0.15) is 60.7 Å². The van der Waals surface area contributed by atoms with Gasteiger partial charge >= 0.3 is 5.97 Å². The third-order valence-corrected chi connectivity index (χ3v) is 4.81. The van der Waals surface area contributed by atoms with E-state index in [1.165, 1.54) is 0 Å². The third-order valence-electron chi connectivity index (χ3n) is 4.81. The molecule has 3 rings (SSSR count). The number of terminal acetylenes is 1. The summed E-state index contributed by atoms with van der Waals surface area (Å²) in [6.07, 6.45) is 10.0. The summed E-state index contributed by atoms with van der Waals surface area (Å²) in [5.41, 5.74) is -0.464. The highest BCUT2D eigenvalue weighted by molar-refractivity contribution is 5.86. The van der Waals surface area contributed by atoms with Crippen LogP contribution in [0.4, 0.5) is 0 Å². The maximum Gasteiger partial charge on any atom is 0.358 e. The van der Waals surface area contributed by atoms with Gasteiger partial charge in [0.1, 0.15) is 5.76 Å². The number of aromatic carboxylic acids is 1. The predicted octanol–water partition coefficient (Wildman–Crippen LogP) is 2.43. The highest BCUT2D eigenvalue weighted by atomic mass is 16.4. The van der Waals surface area contributed by atoms with Gasteiger partial charge in [0.25, 0.3) is 0 Å². The maximum absolute atomic E-state index is 12.4. The molecule has 0 spiro atoms. The number of carbonyl (C=O) groups excluding carboxylic acids is 1. The molecule has 1 fully saturated rings. The van der Waals surface area contributed by atoms with Crippen LogP contribution in [0.15, 0.2) is 21.0 Å². The molecule has 0 unspecified atom stereocenters. The first kappa shape index (κ1) is 17.1. The van der Waals surface area contributed by atoms with E-state index in [9.17, 15) is 9.59 Å². The standard InChI is InChI=1S/C17H20N4O4/c1-2-3-7-17(19-20-17)8-4-13(22)21-9-5-12(6-10-21)15-14(16(23)24)18-11-25-15/h1,11-12H,3-10H2,(H,23,24). The summed E-state index contributed by atoms with van der Waals surface area (Å²) in [5.74, 6) is 1.95. The Bertz CT molecular complexity index is 719. The number of oxazole rings is 1. The van der Waals surface area contributed by atoms with Gasteiger partial charge in [0, 0.05) is 44.7 Å². The summed E-state index contributed by atoms with van der Waals surface area (Å²) in [4.78, 5) is 29.1. The minimum absolute atomic E-state index is 0.0203. The molecule has 132 valence electrons. The van der Waals surface area contributed by atoms with Crippen molar-refractivity contribution in [1.29, 1.82) is 0 Å². The summed E-state index contributed by atoms with van der Waals surface area (Å²) in [6, 6.07) is 0. The number of aromatic nitrogens is 1. The average Bonchev–Trinajstić information content (AvgIpc) is 3.21. The van der Waals surface area contributed by atoms with Crippen molar-refractivity contribution in [1.82, 2.24) is 9.88 Å². The largest absolute Gasteiger partial charge is 0.476 e. The zero-order chi connectivity index (χ0) is 17.9. The lowest BCUT2D eigenvalue weighted by atomic mass is 9.92. The van der Waals surface area contributed by atoms with Crippen LogP contribution in [-0.4, -0.2) is 45.6 Å². The van der Waals surface area contributed by atoms with E-state index in [4.69, 9.17) is 15.9 Å². The van der Waals surface area contributed by atoms with Crippen LogP contribution in [0.5, 0.6) is 0 Å². The van der Waals surface area contributed by atoms with Gasteiger partial charge in [-0.25, -0.2) is 9.78 Å². The number of carbonyl (C=O) groups is 2. The Morgan fingerprint density at radius 1 is 1.36 bits per heavy atom. The van der Waals surface area contributed by atoms with Crippen LogP contribution in [0.25, 0.3) is 0 Å². The quantitative estimate of drug-likeness (QED) is 0.764. The van der Waals surface area contributed by atoms with Crippen molar-refractivity contribution in [3.63, 3.8) is 0 Å².